The first kappa shape index (κ1) is 19.8. The Kier molecular flexibility index (Phi) is 5.96. The summed E-state index contributed by atoms with van der Waals surface area (Å²) in [5.41, 5.74) is 4.13. The highest BCUT2D eigenvalue weighted by molar-refractivity contribution is 7.18. The van der Waals surface area contributed by atoms with Gasteiger partial charge in [-0.15, -0.1) is 11.3 Å². The number of nitriles is 1. The van der Waals surface area contributed by atoms with E-state index >= 15 is 0 Å². The van der Waals surface area contributed by atoms with Crippen LogP contribution in [0.25, 0.3) is 16.3 Å². The summed E-state index contributed by atoms with van der Waals surface area (Å²) in [6, 6.07) is 11.9. The molecular weight excluding hydrogens is 368 g/mol. The number of nitrogens with zero attached hydrogens (tertiary/aromatic N) is 3. The Hall–Kier alpha value is -2.91. The van der Waals surface area contributed by atoms with Gasteiger partial charge in [0.05, 0.1) is 16.8 Å². The van der Waals surface area contributed by atoms with Crippen molar-refractivity contribution in [3.8, 4) is 6.07 Å². The molecule has 0 fully saturated rings. The number of hydrogen-bond acceptors (Lipinski definition) is 4. The van der Waals surface area contributed by atoms with Crippen molar-refractivity contribution in [1.29, 1.82) is 5.26 Å². The first-order valence-corrected chi connectivity index (χ1v) is 10.1. The number of aromatic nitrogens is 2. The van der Waals surface area contributed by atoms with Crippen LogP contribution >= 0.6 is 11.3 Å². The summed E-state index contributed by atoms with van der Waals surface area (Å²) in [6.45, 7) is 9.64. The van der Waals surface area contributed by atoms with E-state index in [1.807, 2.05) is 50.2 Å². The summed E-state index contributed by atoms with van der Waals surface area (Å²) in [4.78, 5) is 17.0. The van der Waals surface area contributed by atoms with Gasteiger partial charge in [0.25, 0.3) is 5.91 Å². The second-order valence-electron chi connectivity index (χ2n) is 7.26. The number of fused-ring (bicyclic) bond motifs is 1. The minimum absolute atomic E-state index is 0.103. The summed E-state index contributed by atoms with van der Waals surface area (Å²) in [5, 5.41) is 13.1. The Morgan fingerprint density at radius 2 is 2.11 bits per heavy atom. The van der Waals surface area contributed by atoms with E-state index in [2.05, 4.69) is 28.7 Å². The fourth-order valence-electron chi connectivity index (χ4n) is 3.17. The zero-order chi connectivity index (χ0) is 20.3. The van der Waals surface area contributed by atoms with E-state index in [9.17, 15) is 10.1 Å². The van der Waals surface area contributed by atoms with Crippen LogP contribution in [0.2, 0.25) is 0 Å². The number of benzene rings is 1. The van der Waals surface area contributed by atoms with Gasteiger partial charge in [-0.25, -0.2) is 4.98 Å². The van der Waals surface area contributed by atoms with Crippen LogP contribution in [-0.4, -0.2) is 15.5 Å². The Labute approximate surface area is 169 Å². The van der Waals surface area contributed by atoms with Crippen molar-refractivity contribution in [2.24, 2.45) is 5.92 Å². The molecular formula is C22H24N4OS. The number of para-hydroxylation sites is 1. The van der Waals surface area contributed by atoms with Crippen molar-refractivity contribution in [1.82, 2.24) is 14.9 Å². The second kappa shape index (κ2) is 8.41. The van der Waals surface area contributed by atoms with Crippen LogP contribution in [0.4, 0.5) is 0 Å². The van der Waals surface area contributed by atoms with E-state index in [4.69, 9.17) is 0 Å². The normalized spacial score (nSPS) is 11.8. The van der Waals surface area contributed by atoms with Gasteiger partial charge in [-0.2, -0.15) is 5.26 Å². The molecule has 0 atom stereocenters. The average molecular weight is 393 g/mol. The zero-order valence-corrected chi connectivity index (χ0v) is 17.4. The lowest BCUT2D eigenvalue weighted by Gasteiger charge is -2.12. The van der Waals surface area contributed by atoms with Gasteiger partial charge in [0.2, 0.25) is 0 Å². The molecule has 5 nitrogen and oxygen atoms in total. The Morgan fingerprint density at radius 1 is 1.36 bits per heavy atom. The predicted molar refractivity (Wildman–Crippen MR) is 114 cm³/mol. The topological polar surface area (TPSA) is 70.7 Å². The monoisotopic (exact) mass is 392 g/mol. The molecule has 28 heavy (non-hydrogen) atoms. The van der Waals surface area contributed by atoms with Crippen LogP contribution in [0.3, 0.4) is 0 Å². The van der Waals surface area contributed by atoms with Gasteiger partial charge < -0.3 is 9.88 Å². The van der Waals surface area contributed by atoms with Crippen molar-refractivity contribution in [3.63, 3.8) is 0 Å². The van der Waals surface area contributed by atoms with Gasteiger partial charge in [0.15, 0.2) is 0 Å². The molecule has 0 aliphatic heterocycles. The van der Waals surface area contributed by atoms with Crippen LogP contribution < -0.4 is 5.32 Å². The van der Waals surface area contributed by atoms with Crippen LogP contribution in [0.5, 0.6) is 0 Å². The van der Waals surface area contributed by atoms with Crippen LogP contribution in [-0.2, 0) is 17.9 Å². The van der Waals surface area contributed by atoms with E-state index in [-0.39, 0.29) is 11.5 Å². The molecule has 0 aliphatic rings. The molecule has 1 aromatic carbocycles. The van der Waals surface area contributed by atoms with Crippen molar-refractivity contribution in [3.05, 3.63) is 57.9 Å². The summed E-state index contributed by atoms with van der Waals surface area (Å²) < 4.78 is 3.31. The highest BCUT2D eigenvalue weighted by Crippen LogP contribution is 2.22. The molecule has 0 radical (unpaired) electrons. The smallest absolute Gasteiger partial charge is 0.262 e. The molecule has 2 heterocycles. The third kappa shape index (κ3) is 4.32. The minimum atomic E-state index is -0.379. The quantitative estimate of drug-likeness (QED) is 0.492. The van der Waals surface area contributed by atoms with Gasteiger partial charge in [-0.3, -0.25) is 4.79 Å². The first-order chi connectivity index (χ1) is 13.4. The Bertz CT molecular complexity index is 1050. The molecule has 1 N–H and O–H groups in total. The number of nitrogens with one attached hydrogen (secondary N) is 1. The highest BCUT2D eigenvalue weighted by Gasteiger charge is 2.14. The molecule has 0 aliphatic carbocycles. The van der Waals surface area contributed by atoms with Gasteiger partial charge in [-0.05, 0) is 49.6 Å². The molecule has 0 spiro atoms. The second-order valence-corrected chi connectivity index (χ2v) is 8.37. The lowest BCUT2D eigenvalue weighted by atomic mass is 10.1. The molecule has 2 aromatic heterocycles. The number of carbonyl (C=O) groups excluding carboxylic acids is 1. The minimum Gasteiger partial charge on any atom is -0.348 e. The summed E-state index contributed by atoms with van der Waals surface area (Å²) in [7, 11) is 0. The molecule has 1 amide bonds. The van der Waals surface area contributed by atoms with Gasteiger partial charge in [0.1, 0.15) is 16.6 Å². The maximum absolute atomic E-state index is 12.5. The van der Waals surface area contributed by atoms with E-state index in [1.54, 1.807) is 17.4 Å². The number of rotatable bonds is 6. The fraction of sp³-hybridized carbons (Fsp3) is 0.318. The van der Waals surface area contributed by atoms with Crippen LogP contribution in [0.1, 0.15) is 35.8 Å². The Balaban J connectivity index is 1.75. The number of amides is 1. The van der Waals surface area contributed by atoms with Crippen LogP contribution in [0, 0.1) is 31.1 Å². The van der Waals surface area contributed by atoms with Crippen molar-refractivity contribution >= 4 is 33.5 Å². The first-order valence-electron chi connectivity index (χ1n) is 9.30. The standard InChI is InChI=1S/C22H24N4OS/c1-14(2)13-26-15(3)9-17(16(26)4)10-18(11-23)22(27)24-12-21-25-19-7-5-6-8-20(19)28-21/h5-10,14H,12-13H2,1-4H3,(H,24,27)/b18-10+. The molecule has 3 rings (SSSR count). The van der Waals surface area contributed by atoms with Crippen molar-refractivity contribution in [2.45, 2.75) is 40.8 Å². The van der Waals surface area contributed by atoms with Gasteiger partial charge in [-0.1, -0.05) is 26.0 Å². The molecule has 0 saturated carbocycles. The summed E-state index contributed by atoms with van der Waals surface area (Å²) in [6.07, 6.45) is 1.67. The van der Waals surface area contributed by atoms with E-state index in [0.717, 1.165) is 38.7 Å². The highest BCUT2D eigenvalue weighted by atomic mass is 32.1. The van der Waals surface area contributed by atoms with E-state index in [1.165, 1.54) is 0 Å². The fourth-order valence-corrected chi connectivity index (χ4v) is 4.08. The van der Waals surface area contributed by atoms with Gasteiger partial charge >= 0.3 is 0 Å². The largest absolute Gasteiger partial charge is 0.348 e. The molecule has 0 bridgehead atoms. The SMILES string of the molecule is Cc1cc(/C=C(\C#N)C(=O)NCc2nc3ccccc3s2)c(C)n1CC(C)C. The zero-order valence-electron chi connectivity index (χ0n) is 16.6. The number of thiazole rings is 1. The number of aryl methyl sites for hydroxylation is 1. The van der Waals surface area contributed by atoms with E-state index < -0.39 is 0 Å². The Morgan fingerprint density at radius 3 is 2.79 bits per heavy atom. The van der Waals surface area contributed by atoms with Gasteiger partial charge in [0, 0.05) is 17.9 Å². The molecule has 0 saturated heterocycles. The number of carbonyl (C=O) groups is 1. The molecule has 0 unspecified atom stereocenters. The maximum Gasteiger partial charge on any atom is 0.262 e. The summed E-state index contributed by atoms with van der Waals surface area (Å²) in [5.74, 6) is 0.143. The maximum atomic E-state index is 12.5. The average Bonchev–Trinajstić information content (AvgIpc) is 3.19. The predicted octanol–water partition coefficient (Wildman–Crippen LogP) is 4.59. The molecule has 144 valence electrons. The summed E-state index contributed by atoms with van der Waals surface area (Å²) >= 11 is 1.54. The lowest BCUT2D eigenvalue weighted by Crippen LogP contribution is -2.23. The van der Waals surface area contributed by atoms with E-state index in [0.29, 0.717) is 12.5 Å². The third-order valence-corrected chi connectivity index (χ3v) is 5.60. The lowest BCUT2D eigenvalue weighted by molar-refractivity contribution is -0.117. The van der Waals surface area contributed by atoms with Crippen molar-refractivity contribution in [2.75, 3.05) is 0 Å². The molecule has 6 heteroatoms. The van der Waals surface area contributed by atoms with Crippen molar-refractivity contribution < 1.29 is 4.79 Å². The molecule has 3 aromatic rings. The van der Waals surface area contributed by atoms with Crippen LogP contribution in [0.15, 0.2) is 35.9 Å². The number of hydrogen-bond donors (Lipinski definition) is 1. The third-order valence-electron chi connectivity index (χ3n) is 4.56.